The Bertz CT molecular complexity index is 428. The van der Waals surface area contributed by atoms with E-state index < -0.39 is 6.10 Å². The summed E-state index contributed by atoms with van der Waals surface area (Å²) in [6.07, 6.45) is 0.952. The summed E-state index contributed by atoms with van der Waals surface area (Å²) in [6.45, 7) is 1.71. The quantitative estimate of drug-likeness (QED) is 0.826. The van der Waals surface area contributed by atoms with Gasteiger partial charge in [-0.2, -0.15) is 0 Å². The van der Waals surface area contributed by atoms with Crippen molar-refractivity contribution in [2.24, 2.45) is 0 Å². The highest BCUT2D eigenvalue weighted by atomic mass is 79.9. The minimum Gasteiger partial charge on any atom is -0.392 e. The predicted octanol–water partition coefficient (Wildman–Crippen LogP) is 0.108. The number of amides is 1. The molecule has 1 atom stereocenters. The molecule has 16 heavy (non-hydrogen) atoms. The molecule has 0 aliphatic carbocycles. The number of aliphatic hydroxyl groups is 1. The normalized spacial score (nSPS) is 12.2. The smallest absolute Gasteiger partial charge is 0.251 e. The van der Waals surface area contributed by atoms with Crippen LogP contribution in [0, 0.1) is 0 Å². The Labute approximate surface area is 101 Å². The lowest BCUT2D eigenvalue weighted by molar-refractivity contribution is -0.122. The first-order valence-corrected chi connectivity index (χ1v) is 5.59. The second-order valence-electron chi connectivity index (χ2n) is 3.47. The number of hydrogen-bond acceptors (Lipinski definition) is 3. The Morgan fingerprint density at radius 2 is 2.31 bits per heavy atom. The Hall–Kier alpha value is -1.14. The molecule has 0 aromatic carbocycles. The molecule has 0 fully saturated rings. The zero-order valence-corrected chi connectivity index (χ0v) is 10.4. The fraction of sp³-hybridized carbons (Fsp3) is 0.400. The Morgan fingerprint density at radius 3 is 2.94 bits per heavy atom. The molecule has 0 saturated carbocycles. The fourth-order valence-electron chi connectivity index (χ4n) is 1.10. The van der Waals surface area contributed by atoms with E-state index in [1.54, 1.807) is 19.2 Å². The highest BCUT2D eigenvalue weighted by Crippen LogP contribution is 2.04. The van der Waals surface area contributed by atoms with Crippen LogP contribution in [0.3, 0.4) is 0 Å². The predicted molar refractivity (Wildman–Crippen MR) is 63.1 cm³/mol. The van der Waals surface area contributed by atoms with E-state index in [-0.39, 0.29) is 24.6 Å². The molecule has 0 spiro atoms. The number of carbonyl (C=O) groups is 1. The molecule has 0 aliphatic heterocycles. The molecule has 0 saturated heterocycles. The molecule has 6 heteroatoms. The Balaban J connectivity index is 2.62. The van der Waals surface area contributed by atoms with Crippen LogP contribution < -0.4 is 10.9 Å². The molecule has 5 nitrogen and oxygen atoms in total. The average Bonchev–Trinajstić information content (AvgIpc) is 2.20. The second-order valence-corrected chi connectivity index (χ2v) is 4.38. The van der Waals surface area contributed by atoms with Gasteiger partial charge in [0.15, 0.2) is 0 Å². The van der Waals surface area contributed by atoms with E-state index in [1.165, 1.54) is 10.6 Å². The van der Waals surface area contributed by atoms with Crippen molar-refractivity contribution in [3.05, 3.63) is 33.2 Å². The molecule has 2 N–H and O–H groups in total. The van der Waals surface area contributed by atoms with Crippen molar-refractivity contribution in [3.63, 3.8) is 0 Å². The van der Waals surface area contributed by atoms with E-state index in [0.717, 1.165) is 4.47 Å². The van der Waals surface area contributed by atoms with Gasteiger partial charge in [0, 0.05) is 23.3 Å². The largest absolute Gasteiger partial charge is 0.392 e. The molecule has 0 radical (unpaired) electrons. The summed E-state index contributed by atoms with van der Waals surface area (Å²) < 4.78 is 2.02. The van der Waals surface area contributed by atoms with Crippen LogP contribution >= 0.6 is 15.9 Å². The number of hydrogen-bond donors (Lipinski definition) is 2. The van der Waals surface area contributed by atoms with Gasteiger partial charge in [0.2, 0.25) is 5.91 Å². The summed E-state index contributed by atoms with van der Waals surface area (Å²) in [5.41, 5.74) is -0.240. The number of nitrogens with one attached hydrogen (secondary N) is 1. The van der Waals surface area contributed by atoms with Gasteiger partial charge in [-0.3, -0.25) is 9.59 Å². The lowest BCUT2D eigenvalue weighted by Gasteiger charge is -2.08. The van der Waals surface area contributed by atoms with Gasteiger partial charge >= 0.3 is 0 Å². The number of pyridine rings is 1. The van der Waals surface area contributed by atoms with E-state index >= 15 is 0 Å². The van der Waals surface area contributed by atoms with Crippen molar-refractivity contribution in [1.82, 2.24) is 9.88 Å². The Morgan fingerprint density at radius 1 is 1.62 bits per heavy atom. The van der Waals surface area contributed by atoms with Gasteiger partial charge in [0.25, 0.3) is 5.56 Å². The van der Waals surface area contributed by atoms with Crippen LogP contribution in [-0.4, -0.2) is 28.2 Å². The zero-order chi connectivity index (χ0) is 12.1. The highest BCUT2D eigenvalue weighted by molar-refractivity contribution is 9.10. The van der Waals surface area contributed by atoms with E-state index in [9.17, 15) is 9.59 Å². The van der Waals surface area contributed by atoms with Gasteiger partial charge in [-0.25, -0.2) is 0 Å². The summed E-state index contributed by atoms with van der Waals surface area (Å²) in [5, 5.41) is 11.5. The fourth-order valence-corrected chi connectivity index (χ4v) is 1.48. The van der Waals surface area contributed by atoms with E-state index in [2.05, 4.69) is 21.2 Å². The van der Waals surface area contributed by atoms with E-state index in [1.807, 2.05) is 0 Å². The van der Waals surface area contributed by atoms with Gasteiger partial charge in [0.05, 0.1) is 6.10 Å². The minimum atomic E-state index is -0.594. The van der Waals surface area contributed by atoms with Crippen LogP contribution in [0.5, 0.6) is 0 Å². The van der Waals surface area contributed by atoms with E-state index in [4.69, 9.17) is 5.11 Å². The van der Waals surface area contributed by atoms with Crippen LogP contribution in [0.1, 0.15) is 6.92 Å². The summed E-state index contributed by atoms with van der Waals surface area (Å²) in [4.78, 5) is 22.7. The molecule has 1 rings (SSSR count). The molecule has 1 aromatic rings. The SMILES string of the molecule is CC(O)CNC(=O)Cn1cc(Br)ccc1=O. The maximum Gasteiger partial charge on any atom is 0.251 e. The van der Waals surface area contributed by atoms with Crippen LogP contribution in [0.15, 0.2) is 27.6 Å². The summed E-state index contributed by atoms with van der Waals surface area (Å²) >= 11 is 3.22. The van der Waals surface area contributed by atoms with Crippen molar-refractivity contribution >= 4 is 21.8 Å². The zero-order valence-electron chi connectivity index (χ0n) is 8.81. The highest BCUT2D eigenvalue weighted by Gasteiger charge is 2.05. The van der Waals surface area contributed by atoms with E-state index in [0.29, 0.717) is 0 Å². The number of aliphatic hydroxyl groups excluding tert-OH is 1. The molecule has 1 heterocycles. The van der Waals surface area contributed by atoms with Gasteiger partial charge in [-0.1, -0.05) is 0 Å². The number of halogens is 1. The molecule has 1 aromatic heterocycles. The van der Waals surface area contributed by atoms with Crippen molar-refractivity contribution in [2.75, 3.05) is 6.54 Å². The topological polar surface area (TPSA) is 71.3 Å². The standard InChI is InChI=1S/C10H13BrN2O3/c1-7(14)4-12-9(15)6-13-5-8(11)2-3-10(13)16/h2-3,5,7,14H,4,6H2,1H3,(H,12,15). The van der Waals surface area contributed by atoms with Crippen LogP contribution in [0.4, 0.5) is 0 Å². The van der Waals surface area contributed by atoms with Gasteiger partial charge in [-0.05, 0) is 28.9 Å². The lowest BCUT2D eigenvalue weighted by atomic mass is 10.4. The van der Waals surface area contributed by atoms with Crippen molar-refractivity contribution in [2.45, 2.75) is 19.6 Å². The van der Waals surface area contributed by atoms with Crippen LogP contribution in [0.25, 0.3) is 0 Å². The monoisotopic (exact) mass is 288 g/mol. The molecular formula is C10H13BrN2O3. The summed E-state index contributed by atoms with van der Waals surface area (Å²) in [5.74, 6) is -0.305. The Kier molecular flexibility index (Phi) is 4.70. The molecule has 1 amide bonds. The van der Waals surface area contributed by atoms with Crippen molar-refractivity contribution in [1.29, 1.82) is 0 Å². The second kappa shape index (κ2) is 5.81. The van der Waals surface area contributed by atoms with Gasteiger partial charge in [-0.15, -0.1) is 0 Å². The third-order valence-electron chi connectivity index (χ3n) is 1.86. The molecule has 88 valence electrons. The lowest BCUT2D eigenvalue weighted by Crippen LogP contribution is -2.35. The van der Waals surface area contributed by atoms with Gasteiger partial charge < -0.3 is 15.0 Å². The number of rotatable bonds is 4. The van der Waals surface area contributed by atoms with Crippen LogP contribution in [-0.2, 0) is 11.3 Å². The number of nitrogens with zero attached hydrogens (tertiary/aromatic N) is 1. The number of aromatic nitrogens is 1. The first-order chi connectivity index (χ1) is 7.49. The van der Waals surface area contributed by atoms with Crippen molar-refractivity contribution in [3.8, 4) is 0 Å². The molecule has 0 aliphatic rings. The van der Waals surface area contributed by atoms with Crippen LogP contribution in [0.2, 0.25) is 0 Å². The molecule has 0 bridgehead atoms. The first kappa shape index (κ1) is 12.9. The number of carbonyl (C=O) groups excluding carboxylic acids is 1. The first-order valence-electron chi connectivity index (χ1n) is 4.80. The molecular weight excluding hydrogens is 276 g/mol. The maximum absolute atomic E-state index is 11.4. The molecule has 1 unspecified atom stereocenters. The van der Waals surface area contributed by atoms with Crippen molar-refractivity contribution < 1.29 is 9.90 Å². The average molecular weight is 289 g/mol. The maximum atomic E-state index is 11.4. The summed E-state index contributed by atoms with van der Waals surface area (Å²) in [6, 6.07) is 3.00. The third kappa shape index (κ3) is 4.16. The minimum absolute atomic E-state index is 0.0506. The summed E-state index contributed by atoms with van der Waals surface area (Å²) in [7, 11) is 0. The third-order valence-corrected chi connectivity index (χ3v) is 2.33. The van der Waals surface area contributed by atoms with Gasteiger partial charge in [0.1, 0.15) is 6.54 Å².